The van der Waals surface area contributed by atoms with Gasteiger partial charge >= 0.3 is 5.97 Å². The zero-order chi connectivity index (χ0) is 13.7. The molecule has 104 valence electrons. The summed E-state index contributed by atoms with van der Waals surface area (Å²) in [6.07, 6.45) is 5.08. The maximum absolute atomic E-state index is 11.5. The molecule has 1 aromatic heterocycles. The minimum absolute atomic E-state index is 0.140. The highest BCUT2D eigenvalue weighted by Crippen LogP contribution is 2.26. The molecule has 2 heterocycles. The van der Waals surface area contributed by atoms with Crippen molar-refractivity contribution in [1.29, 1.82) is 0 Å². The van der Waals surface area contributed by atoms with E-state index in [1.54, 1.807) is 13.2 Å². The SMILES string of the molecule is COC(=O)CC1CCCCN1c1cc(OC)ncn1. The molecule has 0 amide bonds. The normalized spacial score (nSPS) is 19.1. The molecule has 6 nitrogen and oxygen atoms in total. The van der Waals surface area contributed by atoms with Crippen molar-refractivity contribution < 1.29 is 14.3 Å². The minimum Gasteiger partial charge on any atom is -0.481 e. The van der Waals surface area contributed by atoms with Crippen molar-refractivity contribution in [1.82, 2.24) is 9.97 Å². The van der Waals surface area contributed by atoms with Crippen LogP contribution in [0.3, 0.4) is 0 Å². The molecular formula is C13H19N3O3. The van der Waals surface area contributed by atoms with Crippen molar-refractivity contribution in [3.05, 3.63) is 12.4 Å². The van der Waals surface area contributed by atoms with E-state index in [9.17, 15) is 4.79 Å². The van der Waals surface area contributed by atoms with Crippen molar-refractivity contribution in [2.24, 2.45) is 0 Å². The Morgan fingerprint density at radius 1 is 1.42 bits per heavy atom. The number of hydrogen-bond acceptors (Lipinski definition) is 6. The smallest absolute Gasteiger partial charge is 0.307 e. The summed E-state index contributed by atoms with van der Waals surface area (Å²) in [7, 11) is 3.00. The van der Waals surface area contributed by atoms with E-state index in [-0.39, 0.29) is 12.0 Å². The Labute approximate surface area is 112 Å². The van der Waals surface area contributed by atoms with Crippen molar-refractivity contribution in [3.8, 4) is 5.88 Å². The van der Waals surface area contributed by atoms with E-state index in [1.165, 1.54) is 13.4 Å². The quantitative estimate of drug-likeness (QED) is 0.767. The second-order valence-electron chi connectivity index (χ2n) is 4.54. The molecule has 2 rings (SSSR count). The van der Waals surface area contributed by atoms with Gasteiger partial charge in [-0.1, -0.05) is 0 Å². The zero-order valence-electron chi connectivity index (χ0n) is 11.3. The molecule has 0 aliphatic carbocycles. The van der Waals surface area contributed by atoms with E-state index < -0.39 is 0 Å². The highest BCUT2D eigenvalue weighted by atomic mass is 16.5. The van der Waals surface area contributed by atoms with Crippen LogP contribution < -0.4 is 9.64 Å². The maximum Gasteiger partial charge on any atom is 0.307 e. The first-order valence-electron chi connectivity index (χ1n) is 6.44. The van der Waals surface area contributed by atoms with Gasteiger partial charge in [0.15, 0.2) is 0 Å². The Kier molecular flexibility index (Phi) is 4.54. The van der Waals surface area contributed by atoms with Crippen LogP contribution in [0.1, 0.15) is 25.7 Å². The number of rotatable bonds is 4. The number of carbonyl (C=O) groups is 1. The number of piperidine rings is 1. The molecule has 0 aromatic carbocycles. The van der Waals surface area contributed by atoms with E-state index >= 15 is 0 Å². The maximum atomic E-state index is 11.5. The lowest BCUT2D eigenvalue weighted by atomic mass is 9.99. The summed E-state index contributed by atoms with van der Waals surface area (Å²) < 4.78 is 9.87. The van der Waals surface area contributed by atoms with Gasteiger partial charge in [0.1, 0.15) is 12.1 Å². The number of nitrogens with zero attached hydrogens (tertiary/aromatic N) is 3. The van der Waals surface area contributed by atoms with Gasteiger partial charge in [-0.2, -0.15) is 0 Å². The predicted molar refractivity (Wildman–Crippen MR) is 70.2 cm³/mol. The van der Waals surface area contributed by atoms with Gasteiger partial charge in [-0.05, 0) is 19.3 Å². The Morgan fingerprint density at radius 2 is 2.26 bits per heavy atom. The summed E-state index contributed by atoms with van der Waals surface area (Å²) in [6, 6.07) is 1.94. The molecule has 0 spiro atoms. The van der Waals surface area contributed by atoms with Gasteiger partial charge in [0, 0.05) is 18.7 Å². The first-order valence-corrected chi connectivity index (χ1v) is 6.44. The molecule has 1 atom stereocenters. The molecule has 1 aromatic rings. The van der Waals surface area contributed by atoms with Gasteiger partial charge in [-0.3, -0.25) is 4.79 Å². The van der Waals surface area contributed by atoms with E-state index in [0.717, 1.165) is 31.6 Å². The molecule has 0 saturated carbocycles. The van der Waals surface area contributed by atoms with Crippen LogP contribution in [0, 0.1) is 0 Å². The number of anilines is 1. The van der Waals surface area contributed by atoms with Gasteiger partial charge in [-0.25, -0.2) is 9.97 Å². The van der Waals surface area contributed by atoms with Gasteiger partial charge in [-0.15, -0.1) is 0 Å². The average Bonchev–Trinajstić information content (AvgIpc) is 2.47. The van der Waals surface area contributed by atoms with Gasteiger partial charge in [0.05, 0.1) is 20.6 Å². The topological polar surface area (TPSA) is 64.5 Å². The largest absolute Gasteiger partial charge is 0.481 e. The molecule has 1 unspecified atom stereocenters. The third-order valence-corrected chi connectivity index (χ3v) is 3.39. The van der Waals surface area contributed by atoms with Crippen LogP contribution in [-0.2, 0) is 9.53 Å². The van der Waals surface area contributed by atoms with Crippen LogP contribution in [0.25, 0.3) is 0 Å². The fourth-order valence-corrected chi connectivity index (χ4v) is 2.39. The monoisotopic (exact) mass is 265 g/mol. The Hall–Kier alpha value is -1.85. The average molecular weight is 265 g/mol. The molecule has 0 bridgehead atoms. The number of ether oxygens (including phenoxy) is 2. The zero-order valence-corrected chi connectivity index (χ0v) is 11.3. The fraction of sp³-hybridized carbons (Fsp3) is 0.615. The van der Waals surface area contributed by atoms with E-state index in [2.05, 4.69) is 14.9 Å². The van der Waals surface area contributed by atoms with Crippen LogP contribution in [0.15, 0.2) is 12.4 Å². The molecule has 0 radical (unpaired) electrons. The number of carbonyl (C=O) groups excluding carboxylic acids is 1. The molecule has 1 aliphatic heterocycles. The Morgan fingerprint density at radius 3 is 3.00 bits per heavy atom. The first kappa shape index (κ1) is 13.6. The number of esters is 1. The lowest BCUT2D eigenvalue weighted by Gasteiger charge is -2.36. The summed E-state index contributed by atoms with van der Waals surface area (Å²) in [5.74, 6) is 1.16. The van der Waals surface area contributed by atoms with Crippen LogP contribution in [0.5, 0.6) is 5.88 Å². The molecule has 19 heavy (non-hydrogen) atoms. The van der Waals surface area contributed by atoms with Crippen molar-refractivity contribution in [3.63, 3.8) is 0 Å². The predicted octanol–water partition coefficient (Wildman–Crippen LogP) is 1.41. The van der Waals surface area contributed by atoms with E-state index in [1.807, 2.05) is 0 Å². The van der Waals surface area contributed by atoms with Gasteiger partial charge < -0.3 is 14.4 Å². The van der Waals surface area contributed by atoms with Gasteiger partial charge in [0.2, 0.25) is 5.88 Å². The van der Waals surface area contributed by atoms with E-state index in [4.69, 9.17) is 9.47 Å². The van der Waals surface area contributed by atoms with Gasteiger partial charge in [0.25, 0.3) is 0 Å². The number of methoxy groups -OCH3 is 2. The first-order chi connectivity index (χ1) is 9.24. The van der Waals surface area contributed by atoms with Crippen LogP contribution in [0.4, 0.5) is 5.82 Å². The van der Waals surface area contributed by atoms with Crippen molar-refractivity contribution in [2.75, 3.05) is 25.7 Å². The standard InChI is InChI=1S/C13H19N3O3/c1-18-12-8-11(14-9-15-12)16-6-4-3-5-10(16)7-13(17)19-2/h8-10H,3-7H2,1-2H3. The van der Waals surface area contributed by atoms with Crippen LogP contribution in [0.2, 0.25) is 0 Å². The van der Waals surface area contributed by atoms with Crippen molar-refractivity contribution in [2.45, 2.75) is 31.7 Å². The van der Waals surface area contributed by atoms with Crippen molar-refractivity contribution >= 4 is 11.8 Å². The third kappa shape index (κ3) is 3.33. The second kappa shape index (κ2) is 6.36. The summed E-state index contributed by atoms with van der Waals surface area (Å²) >= 11 is 0. The minimum atomic E-state index is -0.182. The summed E-state index contributed by atoms with van der Waals surface area (Å²) in [5, 5.41) is 0. The fourth-order valence-electron chi connectivity index (χ4n) is 2.39. The highest BCUT2D eigenvalue weighted by molar-refractivity contribution is 5.70. The summed E-state index contributed by atoms with van der Waals surface area (Å²) in [6.45, 7) is 0.891. The van der Waals surface area contributed by atoms with Crippen LogP contribution in [-0.4, -0.2) is 42.7 Å². The number of aromatic nitrogens is 2. The third-order valence-electron chi connectivity index (χ3n) is 3.39. The van der Waals surface area contributed by atoms with E-state index in [0.29, 0.717) is 12.3 Å². The van der Waals surface area contributed by atoms with Crippen LogP contribution >= 0.6 is 0 Å². The number of hydrogen-bond donors (Lipinski definition) is 0. The summed E-state index contributed by atoms with van der Waals surface area (Å²) in [5.41, 5.74) is 0. The molecule has 1 saturated heterocycles. The lowest BCUT2D eigenvalue weighted by Crippen LogP contribution is -2.41. The second-order valence-corrected chi connectivity index (χ2v) is 4.54. The lowest BCUT2D eigenvalue weighted by molar-refractivity contribution is -0.141. The Bertz CT molecular complexity index is 439. The Balaban J connectivity index is 2.15. The molecule has 1 aliphatic rings. The summed E-state index contributed by atoms with van der Waals surface area (Å²) in [4.78, 5) is 21.9. The molecular weight excluding hydrogens is 246 g/mol. The molecule has 1 fully saturated rings. The highest BCUT2D eigenvalue weighted by Gasteiger charge is 2.26. The molecule has 6 heteroatoms. The molecule has 0 N–H and O–H groups in total.